The van der Waals surface area contributed by atoms with Crippen LogP contribution in [0.4, 0.5) is 0 Å². The number of thiazole rings is 1. The molecule has 3 aromatic rings. The van der Waals surface area contributed by atoms with Crippen LogP contribution in [-0.2, 0) is 0 Å². The van der Waals surface area contributed by atoms with Gasteiger partial charge in [0.1, 0.15) is 11.4 Å². The van der Waals surface area contributed by atoms with Crippen LogP contribution >= 0.6 is 22.9 Å². The van der Waals surface area contributed by atoms with Crippen molar-refractivity contribution < 1.29 is 4.79 Å². The third-order valence-corrected chi connectivity index (χ3v) is 3.73. The lowest BCUT2D eigenvalue weighted by molar-refractivity contribution is 0.0948. The molecule has 0 aliphatic heterocycles. The number of hydrogen-bond donors (Lipinski definition) is 2. The fourth-order valence-corrected chi connectivity index (χ4v) is 2.72. The number of benzene rings is 1. The molecule has 1 amide bonds. The molecule has 2 aromatic heterocycles. The summed E-state index contributed by atoms with van der Waals surface area (Å²) < 4.78 is 1.72. The summed E-state index contributed by atoms with van der Waals surface area (Å²) in [5.74, 6) is 4.86. The Hall–Kier alpha value is -1.89. The highest BCUT2D eigenvalue weighted by Crippen LogP contribution is 2.27. The average molecular weight is 293 g/mol. The molecule has 0 bridgehead atoms. The van der Waals surface area contributed by atoms with Crippen LogP contribution in [0.1, 0.15) is 10.5 Å². The molecule has 0 spiro atoms. The van der Waals surface area contributed by atoms with Gasteiger partial charge >= 0.3 is 0 Å². The molecule has 0 atom stereocenters. The minimum Gasteiger partial charge on any atom is -0.289 e. The molecule has 2 heterocycles. The SMILES string of the molecule is NNC(=O)c1c(-c2ccc(Cl)cc2)nc2sccn12. The van der Waals surface area contributed by atoms with Gasteiger partial charge in [0, 0.05) is 22.2 Å². The number of halogens is 1. The number of nitrogens with zero attached hydrogens (tertiary/aromatic N) is 2. The van der Waals surface area contributed by atoms with E-state index >= 15 is 0 Å². The molecule has 19 heavy (non-hydrogen) atoms. The summed E-state index contributed by atoms with van der Waals surface area (Å²) >= 11 is 7.32. The van der Waals surface area contributed by atoms with Crippen molar-refractivity contribution >= 4 is 33.8 Å². The Balaban J connectivity index is 2.25. The van der Waals surface area contributed by atoms with E-state index in [0.29, 0.717) is 16.4 Å². The number of nitrogens with one attached hydrogen (secondary N) is 1. The predicted molar refractivity (Wildman–Crippen MR) is 75.2 cm³/mol. The molecular weight excluding hydrogens is 284 g/mol. The number of nitrogens with two attached hydrogens (primary N) is 1. The van der Waals surface area contributed by atoms with Crippen LogP contribution in [0.3, 0.4) is 0 Å². The highest BCUT2D eigenvalue weighted by molar-refractivity contribution is 7.15. The summed E-state index contributed by atoms with van der Waals surface area (Å²) in [6.45, 7) is 0. The molecular formula is C12H9ClN4OS. The molecule has 0 unspecified atom stereocenters. The van der Waals surface area contributed by atoms with Crippen LogP contribution in [0, 0.1) is 0 Å². The van der Waals surface area contributed by atoms with Crippen molar-refractivity contribution in [3.63, 3.8) is 0 Å². The van der Waals surface area contributed by atoms with Crippen molar-refractivity contribution in [3.8, 4) is 11.3 Å². The van der Waals surface area contributed by atoms with Crippen molar-refractivity contribution in [2.24, 2.45) is 5.84 Å². The number of hydrogen-bond acceptors (Lipinski definition) is 4. The largest absolute Gasteiger partial charge is 0.289 e. The van der Waals surface area contributed by atoms with Gasteiger partial charge in [-0.25, -0.2) is 10.8 Å². The molecule has 0 saturated heterocycles. The maximum atomic E-state index is 11.9. The van der Waals surface area contributed by atoms with Gasteiger partial charge in [0.2, 0.25) is 0 Å². The van der Waals surface area contributed by atoms with E-state index in [2.05, 4.69) is 10.4 Å². The number of rotatable bonds is 2. The number of imidazole rings is 1. The van der Waals surface area contributed by atoms with Gasteiger partial charge in [-0.3, -0.25) is 14.6 Å². The van der Waals surface area contributed by atoms with E-state index in [1.165, 1.54) is 11.3 Å². The number of fused-ring (bicyclic) bond motifs is 1. The highest BCUT2D eigenvalue weighted by atomic mass is 35.5. The normalized spacial score (nSPS) is 10.8. The zero-order valence-electron chi connectivity index (χ0n) is 9.63. The monoisotopic (exact) mass is 292 g/mol. The van der Waals surface area contributed by atoms with Crippen LogP contribution in [0.15, 0.2) is 35.8 Å². The van der Waals surface area contributed by atoms with Gasteiger partial charge < -0.3 is 0 Å². The fourth-order valence-electron chi connectivity index (χ4n) is 1.88. The first kappa shape index (κ1) is 12.2. The van der Waals surface area contributed by atoms with Crippen LogP contribution in [0.2, 0.25) is 5.02 Å². The van der Waals surface area contributed by atoms with E-state index in [1.807, 2.05) is 17.5 Å². The standard InChI is InChI=1S/C12H9ClN4OS/c13-8-3-1-7(2-4-8)9-10(11(18)16-14)17-5-6-19-12(17)15-9/h1-6H,14H2,(H,16,18). The van der Waals surface area contributed by atoms with E-state index < -0.39 is 0 Å². The van der Waals surface area contributed by atoms with Gasteiger partial charge in [-0.2, -0.15) is 0 Å². The zero-order chi connectivity index (χ0) is 13.4. The Kier molecular flexibility index (Phi) is 2.98. The van der Waals surface area contributed by atoms with Crippen molar-refractivity contribution in [2.75, 3.05) is 0 Å². The number of nitrogen functional groups attached to an aromatic ring is 1. The molecule has 0 radical (unpaired) electrons. The second-order valence-corrected chi connectivity index (χ2v) is 5.15. The number of aromatic nitrogens is 2. The Morgan fingerprint density at radius 2 is 2.11 bits per heavy atom. The van der Waals surface area contributed by atoms with E-state index in [9.17, 15) is 4.79 Å². The Morgan fingerprint density at radius 1 is 1.37 bits per heavy atom. The number of hydrazine groups is 1. The summed E-state index contributed by atoms with van der Waals surface area (Å²) in [5, 5.41) is 2.50. The number of carbonyl (C=O) groups excluding carboxylic acids is 1. The lowest BCUT2D eigenvalue weighted by Crippen LogP contribution is -2.31. The summed E-state index contributed by atoms with van der Waals surface area (Å²) in [6.07, 6.45) is 1.79. The molecule has 5 nitrogen and oxygen atoms in total. The minimum absolute atomic E-state index is 0.379. The molecule has 7 heteroatoms. The maximum Gasteiger partial charge on any atom is 0.284 e. The molecule has 1 aromatic carbocycles. The quantitative estimate of drug-likeness (QED) is 0.432. The number of amides is 1. The molecule has 0 aliphatic rings. The Morgan fingerprint density at radius 3 is 2.79 bits per heavy atom. The summed E-state index contributed by atoms with van der Waals surface area (Å²) in [7, 11) is 0. The first-order valence-electron chi connectivity index (χ1n) is 5.43. The third-order valence-electron chi connectivity index (χ3n) is 2.73. The van der Waals surface area contributed by atoms with Crippen molar-refractivity contribution in [2.45, 2.75) is 0 Å². The summed E-state index contributed by atoms with van der Waals surface area (Å²) in [6, 6.07) is 7.16. The maximum absolute atomic E-state index is 11.9. The second kappa shape index (κ2) is 4.65. The van der Waals surface area contributed by atoms with Gasteiger partial charge in [-0.15, -0.1) is 11.3 Å². The molecule has 96 valence electrons. The predicted octanol–water partition coefficient (Wildman–Crippen LogP) is 2.32. The second-order valence-electron chi connectivity index (χ2n) is 3.84. The molecule has 3 rings (SSSR count). The van der Waals surface area contributed by atoms with Crippen LogP contribution in [0.5, 0.6) is 0 Å². The summed E-state index contributed by atoms with van der Waals surface area (Å²) in [4.78, 5) is 17.1. The minimum atomic E-state index is -0.379. The molecule has 0 fully saturated rings. The van der Waals surface area contributed by atoms with Gasteiger partial charge in [0.25, 0.3) is 5.91 Å². The van der Waals surface area contributed by atoms with Gasteiger partial charge in [-0.1, -0.05) is 23.7 Å². The Bertz CT molecular complexity index is 747. The van der Waals surface area contributed by atoms with Gasteiger partial charge in [-0.05, 0) is 12.1 Å². The van der Waals surface area contributed by atoms with Crippen molar-refractivity contribution in [3.05, 3.63) is 46.6 Å². The lowest BCUT2D eigenvalue weighted by atomic mass is 10.1. The zero-order valence-corrected chi connectivity index (χ0v) is 11.2. The molecule has 3 N–H and O–H groups in total. The third kappa shape index (κ3) is 1.99. The van der Waals surface area contributed by atoms with E-state index in [-0.39, 0.29) is 5.91 Å². The van der Waals surface area contributed by atoms with Crippen LogP contribution < -0.4 is 11.3 Å². The molecule has 0 saturated carbocycles. The summed E-state index contributed by atoms with van der Waals surface area (Å²) in [5.41, 5.74) is 3.98. The fraction of sp³-hybridized carbons (Fsp3) is 0. The van der Waals surface area contributed by atoms with Gasteiger partial charge in [0.15, 0.2) is 4.96 Å². The molecule has 0 aliphatic carbocycles. The van der Waals surface area contributed by atoms with Crippen molar-refractivity contribution in [1.82, 2.24) is 14.8 Å². The van der Waals surface area contributed by atoms with E-state index in [1.54, 1.807) is 22.7 Å². The first-order valence-corrected chi connectivity index (χ1v) is 6.69. The van der Waals surface area contributed by atoms with Crippen LogP contribution in [-0.4, -0.2) is 15.3 Å². The lowest BCUT2D eigenvalue weighted by Gasteiger charge is -2.03. The van der Waals surface area contributed by atoms with E-state index in [4.69, 9.17) is 17.4 Å². The first-order chi connectivity index (χ1) is 9.20. The van der Waals surface area contributed by atoms with E-state index in [0.717, 1.165) is 10.5 Å². The van der Waals surface area contributed by atoms with Crippen molar-refractivity contribution in [1.29, 1.82) is 0 Å². The number of carbonyl (C=O) groups is 1. The topological polar surface area (TPSA) is 72.4 Å². The smallest absolute Gasteiger partial charge is 0.284 e. The van der Waals surface area contributed by atoms with Crippen LogP contribution in [0.25, 0.3) is 16.2 Å². The highest BCUT2D eigenvalue weighted by Gasteiger charge is 2.20. The van der Waals surface area contributed by atoms with Gasteiger partial charge in [0.05, 0.1) is 0 Å². The average Bonchev–Trinajstić information content (AvgIpc) is 2.98. The Labute approximate surface area is 117 Å².